The van der Waals surface area contributed by atoms with Gasteiger partial charge in [-0.1, -0.05) is 36.6 Å². The van der Waals surface area contributed by atoms with Crippen molar-refractivity contribution in [1.29, 1.82) is 5.26 Å². The summed E-state index contributed by atoms with van der Waals surface area (Å²) in [5, 5.41) is 9.35. The lowest BCUT2D eigenvalue weighted by Crippen LogP contribution is -2.19. The van der Waals surface area contributed by atoms with Crippen molar-refractivity contribution in [1.82, 2.24) is 0 Å². The van der Waals surface area contributed by atoms with E-state index < -0.39 is 5.92 Å². The lowest BCUT2D eigenvalue weighted by atomic mass is 9.85. The zero-order valence-corrected chi connectivity index (χ0v) is 11.1. The second-order valence-corrected chi connectivity index (χ2v) is 5.31. The summed E-state index contributed by atoms with van der Waals surface area (Å²) in [4.78, 5) is 12.4. The number of Topliss-reactive ketones (excluding diaryl/α,β-unsaturated/α-hetero) is 1. The lowest BCUT2D eigenvalue weighted by Gasteiger charge is -2.16. The average Bonchev–Trinajstić information content (AvgIpc) is 2.88. The molecule has 2 rings (SSSR count). The number of nitriles is 1. The summed E-state index contributed by atoms with van der Waals surface area (Å²) in [6, 6.07) is 8.21. The number of hydrogen-bond donors (Lipinski definition) is 0. The molecule has 94 valence electrons. The fourth-order valence-electron chi connectivity index (χ4n) is 2.80. The molecule has 0 amide bonds. The van der Waals surface area contributed by atoms with E-state index in [1.807, 2.05) is 32.0 Å². The molecular formula is C16H19NO. The molecule has 1 aliphatic carbocycles. The molecule has 0 radical (unpaired) electrons. The van der Waals surface area contributed by atoms with Gasteiger partial charge in [0.15, 0.2) is 5.78 Å². The van der Waals surface area contributed by atoms with Crippen molar-refractivity contribution in [2.45, 2.75) is 45.4 Å². The van der Waals surface area contributed by atoms with Gasteiger partial charge in [-0.3, -0.25) is 4.79 Å². The van der Waals surface area contributed by atoms with Gasteiger partial charge in [-0.2, -0.15) is 5.26 Å². The van der Waals surface area contributed by atoms with E-state index in [0.29, 0.717) is 0 Å². The van der Waals surface area contributed by atoms with Gasteiger partial charge < -0.3 is 0 Å². The predicted molar refractivity (Wildman–Crippen MR) is 71.2 cm³/mol. The van der Waals surface area contributed by atoms with Crippen molar-refractivity contribution in [3.63, 3.8) is 0 Å². The predicted octanol–water partition coefficient (Wildman–Crippen LogP) is 3.67. The van der Waals surface area contributed by atoms with Gasteiger partial charge in [0.1, 0.15) is 5.92 Å². The Morgan fingerprint density at radius 1 is 1.33 bits per heavy atom. The number of nitrogens with zero attached hydrogens (tertiary/aromatic N) is 1. The van der Waals surface area contributed by atoms with Crippen LogP contribution in [0.5, 0.6) is 0 Å². The SMILES string of the molecule is Cc1ccc(C)c(C(C#N)C(=O)C2CCCC2)c1. The quantitative estimate of drug-likeness (QED) is 0.810. The van der Waals surface area contributed by atoms with E-state index >= 15 is 0 Å². The summed E-state index contributed by atoms with van der Waals surface area (Å²) >= 11 is 0. The van der Waals surface area contributed by atoms with Gasteiger partial charge in [0.25, 0.3) is 0 Å². The summed E-state index contributed by atoms with van der Waals surface area (Å²) in [5.41, 5.74) is 3.04. The van der Waals surface area contributed by atoms with Crippen LogP contribution in [-0.2, 0) is 4.79 Å². The molecule has 0 aliphatic heterocycles. The van der Waals surface area contributed by atoms with Gasteiger partial charge in [0, 0.05) is 5.92 Å². The number of benzene rings is 1. The number of carbonyl (C=O) groups is 1. The molecule has 1 aromatic carbocycles. The zero-order valence-electron chi connectivity index (χ0n) is 11.1. The molecule has 2 heteroatoms. The van der Waals surface area contributed by atoms with Crippen LogP contribution in [0.25, 0.3) is 0 Å². The maximum atomic E-state index is 12.4. The van der Waals surface area contributed by atoms with Gasteiger partial charge in [-0.25, -0.2) is 0 Å². The van der Waals surface area contributed by atoms with Crippen molar-refractivity contribution in [2.75, 3.05) is 0 Å². The normalized spacial score (nSPS) is 17.4. The Bertz CT molecular complexity index is 492. The third kappa shape index (κ3) is 2.46. The topological polar surface area (TPSA) is 40.9 Å². The molecule has 1 fully saturated rings. The van der Waals surface area contributed by atoms with Crippen LogP contribution in [0.1, 0.15) is 48.3 Å². The van der Waals surface area contributed by atoms with Crippen LogP contribution in [0.3, 0.4) is 0 Å². The van der Waals surface area contributed by atoms with Crippen LogP contribution in [0, 0.1) is 31.1 Å². The van der Waals surface area contributed by atoms with Gasteiger partial charge >= 0.3 is 0 Å². The maximum Gasteiger partial charge on any atom is 0.157 e. The minimum atomic E-state index is -0.576. The van der Waals surface area contributed by atoms with E-state index in [-0.39, 0.29) is 11.7 Å². The van der Waals surface area contributed by atoms with Crippen molar-refractivity contribution in [3.05, 3.63) is 34.9 Å². The fraction of sp³-hybridized carbons (Fsp3) is 0.500. The molecule has 0 bridgehead atoms. The van der Waals surface area contributed by atoms with Crippen molar-refractivity contribution >= 4 is 5.78 Å². The highest BCUT2D eigenvalue weighted by atomic mass is 16.1. The number of aryl methyl sites for hydroxylation is 2. The van der Waals surface area contributed by atoms with Crippen LogP contribution >= 0.6 is 0 Å². The Morgan fingerprint density at radius 2 is 2.00 bits per heavy atom. The lowest BCUT2D eigenvalue weighted by molar-refractivity contribution is -0.123. The van der Waals surface area contributed by atoms with Crippen molar-refractivity contribution in [2.24, 2.45) is 5.92 Å². The minimum Gasteiger partial charge on any atom is -0.298 e. The Labute approximate surface area is 109 Å². The van der Waals surface area contributed by atoms with Gasteiger partial charge in [-0.05, 0) is 37.8 Å². The number of ketones is 1. The second kappa shape index (κ2) is 5.35. The van der Waals surface area contributed by atoms with E-state index in [4.69, 9.17) is 0 Å². The molecule has 1 aromatic rings. The second-order valence-electron chi connectivity index (χ2n) is 5.31. The Balaban J connectivity index is 2.30. The van der Waals surface area contributed by atoms with Crippen LogP contribution in [0.2, 0.25) is 0 Å². The first kappa shape index (κ1) is 12.8. The molecular weight excluding hydrogens is 222 g/mol. The Hall–Kier alpha value is -1.62. The first-order valence-electron chi connectivity index (χ1n) is 6.64. The van der Waals surface area contributed by atoms with Crippen LogP contribution in [0.15, 0.2) is 18.2 Å². The highest BCUT2D eigenvalue weighted by molar-refractivity contribution is 5.90. The molecule has 1 aliphatic rings. The van der Waals surface area contributed by atoms with Crippen molar-refractivity contribution in [3.8, 4) is 6.07 Å². The average molecular weight is 241 g/mol. The molecule has 1 atom stereocenters. The van der Waals surface area contributed by atoms with Crippen molar-refractivity contribution < 1.29 is 4.79 Å². The first-order chi connectivity index (χ1) is 8.63. The summed E-state index contributed by atoms with van der Waals surface area (Å²) < 4.78 is 0. The fourth-order valence-corrected chi connectivity index (χ4v) is 2.80. The highest BCUT2D eigenvalue weighted by Crippen LogP contribution is 2.32. The molecule has 0 spiro atoms. The largest absolute Gasteiger partial charge is 0.298 e. The number of rotatable bonds is 3. The van der Waals surface area contributed by atoms with E-state index in [0.717, 1.165) is 42.4 Å². The molecule has 1 unspecified atom stereocenters. The van der Waals surface area contributed by atoms with E-state index in [2.05, 4.69) is 6.07 Å². The standard InChI is InChI=1S/C16H19NO/c1-11-7-8-12(2)14(9-11)15(10-17)16(18)13-5-3-4-6-13/h7-9,13,15H,3-6H2,1-2H3. The third-order valence-corrected chi connectivity index (χ3v) is 3.92. The summed E-state index contributed by atoms with van der Waals surface area (Å²) in [6.45, 7) is 3.97. The number of carbonyl (C=O) groups excluding carboxylic acids is 1. The molecule has 0 saturated heterocycles. The van der Waals surface area contributed by atoms with Crippen LogP contribution in [0.4, 0.5) is 0 Å². The Kier molecular flexibility index (Phi) is 3.81. The molecule has 2 nitrogen and oxygen atoms in total. The van der Waals surface area contributed by atoms with Crippen LogP contribution in [-0.4, -0.2) is 5.78 Å². The molecule has 0 N–H and O–H groups in total. The van der Waals surface area contributed by atoms with Gasteiger partial charge in [0.05, 0.1) is 6.07 Å². The molecule has 0 heterocycles. The van der Waals surface area contributed by atoms with E-state index in [1.165, 1.54) is 0 Å². The van der Waals surface area contributed by atoms with E-state index in [1.54, 1.807) is 0 Å². The summed E-state index contributed by atoms with van der Waals surface area (Å²) in [7, 11) is 0. The van der Waals surface area contributed by atoms with Crippen LogP contribution < -0.4 is 0 Å². The third-order valence-electron chi connectivity index (χ3n) is 3.92. The number of hydrogen-bond acceptors (Lipinski definition) is 2. The molecule has 0 aromatic heterocycles. The van der Waals surface area contributed by atoms with Gasteiger partial charge in [0.2, 0.25) is 0 Å². The zero-order chi connectivity index (χ0) is 13.1. The maximum absolute atomic E-state index is 12.4. The minimum absolute atomic E-state index is 0.106. The monoisotopic (exact) mass is 241 g/mol. The van der Waals surface area contributed by atoms with E-state index in [9.17, 15) is 10.1 Å². The highest BCUT2D eigenvalue weighted by Gasteiger charge is 2.30. The van der Waals surface area contributed by atoms with Gasteiger partial charge in [-0.15, -0.1) is 0 Å². The molecule has 1 saturated carbocycles. The Morgan fingerprint density at radius 3 is 2.61 bits per heavy atom. The smallest absolute Gasteiger partial charge is 0.157 e. The molecule has 18 heavy (non-hydrogen) atoms. The summed E-state index contributed by atoms with van der Waals surface area (Å²) in [5.74, 6) is -0.341. The first-order valence-corrected chi connectivity index (χ1v) is 6.64. The summed E-state index contributed by atoms with van der Waals surface area (Å²) in [6.07, 6.45) is 4.17.